The summed E-state index contributed by atoms with van der Waals surface area (Å²) in [7, 11) is 3.42. The van der Waals surface area contributed by atoms with E-state index >= 15 is 0 Å². The molecule has 2 aromatic carbocycles. The van der Waals surface area contributed by atoms with Gasteiger partial charge in [-0.2, -0.15) is 17.7 Å². The molecule has 0 aliphatic heterocycles. The lowest BCUT2D eigenvalue weighted by atomic mass is 10.1. The van der Waals surface area contributed by atoms with Crippen molar-refractivity contribution in [3.8, 4) is 17.1 Å². The number of benzene rings is 2. The smallest absolute Gasteiger partial charge is 0.416 e. The van der Waals surface area contributed by atoms with Crippen LogP contribution in [0.1, 0.15) is 11.1 Å². The number of rotatable bonds is 5. The second kappa shape index (κ2) is 7.70. The fraction of sp³-hybridized carbons (Fsp3) is 0.182. The summed E-state index contributed by atoms with van der Waals surface area (Å²) in [6.45, 7) is 0.669. The summed E-state index contributed by atoms with van der Waals surface area (Å²) in [5.41, 5.74) is 1.92. The molecule has 5 nitrogen and oxygen atoms in total. The molecule has 30 heavy (non-hydrogen) atoms. The van der Waals surface area contributed by atoms with Crippen LogP contribution in [0.5, 0.6) is 5.88 Å². The third-order valence-electron chi connectivity index (χ3n) is 4.75. The van der Waals surface area contributed by atoms with Crippen molar-refractivity contribution in [2.45, 2.75) is 12.7 Å². The van der Waals surface area contributed by atoms with Gasteiger partial charge in [0.25, 0.3) is 0 Å². The predicted octanol–water partition coefficient (Wildman–Crippen LogP) is 5.06. The molecule has 154 valence electrons. The second-order valence-corrected chi connectivity index (χ2v) is 6.85. The van der Waals surface area contributed by atoms with Gasteiger partial charge in [-0.3, -0.25) is 0 Å². The quantitative estimate of drug-likeness (QED) is 0.460. The highest BCUT2D eigenvalue weighted by Gasteiger charge is 2.30. The molecule has 0 N–H and O–H groups in total. The zero-order valence-corrected chi connectivity index (χ0v) is 16.4. The van der Waals surface area contributed by atoms with Crippen LogP contribution in [-0.2, 0) is 12.7 Å². The third-order valence-corrected chi connectivity index (χ3v) is 4.75. The maximum atomic E-state index is 12.9. The molecule has 2 heterocycles. The lowest BCUT2D eigenvalue weighted by molar-refractivity contribution is -0.137. The van der Waals surface area contributed by atoms with E-state index in [-0.39, 0.29) is 0 Å². The maximum Gasteiger partial charge on any atom is 0.416 e. The molecular formula is C22H19F3N4O. The highest BCUT2D eigenvalue weighted by atomic mass is 19.4. The van der Waals surface area contributed by atoms with E-state index in [4.69, 9.17) is 4.74 Å². The molecule has 8 heteroatoms. The van der Waals surface area contributed by atoms with Gasteiger partial charge in [-0.1, -0.05) is 42.5 Å². The van der Waals surface area contributed by atoms with E-state index in [2.05, 4.69) is 10.1 Å². The van der Waals surface area contributed by atoms with Crippen molar-refractivity contribution in [2.24, 2.45) is 0 Å². The number of hydrogen-bond donors (Lipinski definition) is 0. The summed E-state index contributed by atoms with van der Waals surface area (Å²) in [5, 5.41) is 4.62. The van der Waals surface area contributed by atoms with Gasteiger partial charge in [0.2, 0.25) is 5.88 Å². The number of fused-ring (bicyclic) bond motifs is 1. The van der Waals surface area contributed by atoms with Crippen molar-refractivity contribution in [3.63, 3.8) is 0 Å². The molecular weight excluding hydrogens is 393 g/mol. The molecule has 0 atom stereocenters. The van der Waals surface area contributed by atoms with Crippen LogP contribution in [0.3, 0.4) is 0 Å². The predicted molar refractivity (Wildman–Crippen MR) is 109 cm³/mol. The minimum absolute atomic E-state index is 0.361. The average Bonchev–Trinajstić information content (AvgIpc) is 3.11. The molecule has 0 spiro atoms. The van der Waals surface area contributed by atoms with E-state index in [1.165, 1.54) is 19.2 Å². The van der Waals surface area contributed by atoms with Crippen LogP contribution in [0.15, 0.2) is 66.7 Å². The van der Waals surface area contributed by atoms with Crippen molar-refractivity contribution in [1.82, 2.24) is 14.6 Å². The van der Waals surface area contributed by atoms with E-state index < -0.39 is 11.7 Å². The molecule has 0 bridgehead atoms. The highest BCUT2D eigenvalue weighted by Crippen LogP contribution is 2.34. The summed E-state index contributed by atoms with van der Waals surface area (Å²) < 4.78 is 45.6. The number of ether oxygens (including phenoxy) is 1. The number of methoxy groups -OCH3 is 1. The Morgan fingerprint density at radius 3 is 2.30 bits per heavy atom. The third kappa shape index (κ3) is 3.80. The van der Waals surface area contributed by atoms with Gasteiger partial charge in [0.1, 0.15) is 11.5 Å². The topological polar surface area (TPSA) is 42.7 Å². The molecule has 2 aromatic heterocycles. The first-order valence-electron chi connectivity index (χ1n) is 9.23. The van der Waals surface area contributed by atoms with Gasteiger partial charge in [0.15, 0.2) is 5.65 Å². The molecule has 0 unspecified atom stereocenters. The van der Waals surface area contributed by atoms with Crippen molar-refractivity contribution < 1.29 is 17.9 Å². The van der Waals surface area contributed by atoms with Gasteiger partial charge in [-0.05, 0) is 29.8 Å². The Labute approximate surface area is 171 Å². The first-order chi connectivity index (χ1) is 14.4. The van der Waals surface area contributed by atoms with Crippen LogP contribution in [0.4, 0.5) is 19.0 Å². The maximum absolute atomic E-state index is 12.9. The number of hydrogen-bond acceptors (Lipinski definition) is 4. The molecule has 0 saturated heterocycles. The minimum Gasteiger partial charge on any atom is -0.479 e. The number of nitrogens with zero attached hydrogens (tertiary/aromatic N) is 4. The second-order valence-electron chi connectivity index (χ2n) is 6.85. The van der Waals surface area contributed by atoms with E-state index in [9.17, 15) is 13.2 Å². The first-order valence-corrected chi connectivity index (χ1v) is 9.23. The SMILES string of the molecule is COc1c(-c2ccc(C(F)(F)F)cc2)nc2ccc(N(C)Cc3ccccc3)nn12. The van der Waals surface area contributed by atoms with E-state index in [0.717, 1.165) is 17.7 Å². The number of imidazole rings is 1. The fourth-order valence-corrected chi connectivity index (χ4v) is 3.23. The average molecular weight is 412 g/mol. The molecule has 0 amide bonds. The number of anilines is 1. The fourth-order valence-electron chi connectivity index (χ4n) is 3.23. The summed E-state index contributed by atoms with van der Waals surface area (Å²) >= 11 is 0. The Morgan fingerprint density at radius 2 is 1.67 bits per heavy atom. The van der Waals surface area contributed by atoms with Crippen molar-refractivity contribution >= 4 is 11.5 Å². The molecule has 0 aliphatic carbocycles. The normalized spacial score (nSPS) is 11.6. The molecule has 4 rings (SSSR count). The Bertz CT molecular complexity index is 1150. The van der Waals surface area contributed by atoms with Crippen molar-refractivity contribution in [1.29, 1.82) is 0 Å². The minimum atomic E-state index is -4.39. The van der Waals surface area contributed by atoms with Crippen molar-refractivity contribution in [3.05, 3.63) is 77.9 Å². The van der Waals surface area contributed by atoms with Crippen LogP contribution in [0.2, 0.25) is 0 Å². The number of halogens is 3. The molecule has 0 fully saturated rings. The van der Waals surface area contributed by atoms with Gasteiger partial charge in [-0.15, -0.1) is 5.10 Å². The van der Waals surface area contributed by atoms with Crippen LogP contribution in [-0.4, -0.2) is 28.8 Å². The lowest BCUT2D eigenvalue weighted by Crippen LogP contribution is -2.18. The number of alkyl halides is 3. The van der Waals surface area contributed by atoms with E-state index in [0.29, 0.717) is 35.1 Å². The first kappa shape index (κ1) is 19.8. The monoisotopic (exact) mass is 412 g/mol. The standard InChI is InChI=1S/C22H19F3N4O/c1-28(14-15-6-4-3-5-7-15)19-13-12-18-26-20(21(30-2)29(18)27-19)16-8-10-17(11-9-16)22(23,24)25/h3-13H,14H2,1-2H3. The summed E-state index contributed by atoms with van der Waals surface area (Å²) in [6.07, 6.45) is -4.39. The van der Waals surface area contributed by atoms with Gasteiger partial charge in [-0.25, -0.2) is 4.98 Å². The van der Waals surface area contributed by atoms with Gasteiger partial charge in [0, 0.05) is 19.2 Å². The lowest BCUT2D eigenvalue weighted by Gasteiger charge is -2.18. The van der Waals surface area contributed by atoms with Crippen LogP contribution < -0.4 is 9.64 Å². The summed E-state index contributed by atoms with van der Waals surface area (Å²) in [6, 6.07) is 18.5. The zero-order chi connectivity index (χ0) is 21.3. The van der Waals surface area contributed by atoms with Crippen molar-refractivity contribution in [2.75, 3.05) is 19.1 Å². The zero-order valence-electron chi connectivity index (χ0n) is 16.4. The Kier molecular flexibility index (Phi) is 5.07. The Hall–Kier alpha value is -3.55. The largest absolute Gasteiger partial charge is 0.479 e. The Balaban J connectivity index is 1.69. The van der Waals surface area contributed by atoms with Gasteiger partial charge < -0.3 is 9.64 Å². The van der Waals surface area contributed by atoms with E-state index in [1.54, 1.807) is 10.6 Å². The molecule has 0 radical (unpaired) electrons. The molecule has 0 saturated carbocycles. The molecule has 0 aliphatic rings. The van der Waals surface area contributed by atoms with Gasteiger partial charge in [0.05, 0.1) is 12.7 Å². The highest BCUT2D eigenvalue weighted by molar-refractivity contribution is 5.69. The van der Waals surface area contributed by atoms with Crippen LogP contribution >= 0.6 is 0 Å². The molecule has 4 aromatic rings. The summed E-state index contributed by atoms with van der Waals surface area (Å²) in [5.74, 6) is 1.07. The van der Waals surface area contributed by atoms with Gasteiger partial charge >= 0.3 is 6.18 Å². The van der Waals surface area contributed by atoms with Crippen LogP contribution in [0, 0.1) is 0 Å². The van der Waals surface area contributed by atoms with E-state index in [1.807, 2.05) is 48.3 Å². The van der Waals surface area contributed by atoms with Crippen LogP contribution in [0.25, 0.3) is 16.9 Å². The number of aromatic nitrogens is 3. The summed E-state index contributed by atoms with van der Waals surface area (Å²) in [4.78, 5) is 6.50. The Morgan fingerprint density at radius 1 is 0.967 bits per heavy atom.